The van der Waals surface area contributed by atoms with Crippen molar-refractivity contribution in [2.45, 2.75) is 56.8 Å². The number of hydrogen-bond acceptors (Lipinski definition) is 4. The van der Waals surface area contributed by atoms with Crippen molar-refractivity contribution in [3.63, 3.8) is 0 Å². The highest BCUT2D eigenvalue weighted by Crippen LogP contribution is 2.32. The Morgan fingerprint density at radius 3 is 2.75 bits per heavy atom. The van der Waals surface area contributed by atoms with Crippen LogP contribution in [-0.2, 0) is 4.79 Å². The van der Waals surface area contributed by atoms with E-state index < -0.39 is 0 Å². The molecule has 0 atom stereocenters. The molecular weight excluding hydrogens is 322 g/mol. The lowest BCUT2D eigenvalue weighted by Crippen LogP contribution is -2.32. The number of nitrogens with one attached hydrogen (secondary N) is 1. The van der Waals surface area contributed by atoms with E-state index in [4.69, 9.17) is 0 Å². The van der Waals surface area contributed by atoms with Crippen LogP contribution in [0, 0.1) is 0 Å². The van der Waals surface area contributed by atoms with Gasteiger partial charge in [-0.05, 0) is 38.8 Å². The molecule has 1 heterocycles. The van der Waals surface area contributed by atoms with Crippen LogP contribution in [0.3, 0.4) is 0 Å². The number of benzene rings is 1. The summed E-state index contributed by atoms with van der Waals surface area (Å²) < 4.78 is 1.82. The first-order valence-corrected chi connectivity index (χ1v) is 9.48. The van der Waals surface area contributed by atoms with Gasteiger partial charge < -0.3 is 5.32 Å². The summed E-state index contributed by atoms with van der Waals surface area (Å²) in [6.07, 6.45) is 4.29. The Kier molecular flexibility index (Phi) is 5.23. The molecule has 0 unspecified atom stereocenters. The average molecular weight is 345 g/mol. The van der Waals surface area contributed by atoms with E-state index in [2.05, 4.69) is 10.3 Å². The molecule has 128 valence electrons. The molecule has 6 heteroatoms. The third-order valence-electron chi connectivity index (χ3n) is 4.25. The number of aromatic nitrogens is 2. The van der Waals surface area contributed by atoms with Crippen LogP contribution in [-0.4, -0.2) is 27.3 Å². The molecule has 2 aromatic rings. The van der Waals surface area contributed by atoms with Crippen LogP contribution in [0.2, 0.25) is 0 Å². The van der Waals surface area contributed by atoms with E-state index in [1.54, 1.807) is 0 Å². The lowest BCUT2D eigenvalue weighted by atomic mass is 10.2. The molecule has 1 amide bonds. The van der Waals surface area contributed by atoms with Gasteiger partial charge in [-0.25, -0.2) is 4.98 Å². The third kappa shape index (κ3) is 3.64. The predicted molar refractivity (Wildman–Crippen MR) is 97.5 cm³/mol. The molecule has 1 aliphatic carbocycles. The third-order valence-corrected chi connectivity index (χ3v) is 5.20. The number of fused-ring (bicyclic) bond motifs is 1. The van der Waals surface area contributed by atoms with Crippen molar-refractivity contribution in [2.24, 2.45) is 0 Å². The first-order valence-electron chi connectivity index (χ1n) is 8.49. The van der Waals surface area contributed by atoms with Crippen LogP contribution in [0.15, 0.2) is 34.2 Å². The maximum absolute atomic E-state index is 13.0. The van der Waals surface area contributed by atoms with Crippen molar-refractivity contribution in [2.75, 3.05) is 5.75 Å². The molecular formula is C18H23N3O2S. The van der Waals surface area contributed by atoms with Gasteiger partial charge >= 0.3 is 0 Å². The van der Waals surface area contributed by atoms with Gasteiger partial charge in [0.25, 0.3) is 5.56 Å². The fourth-order valence-electron chi connectivity index (χ4n) is 3.21. The standard InChI is InChI=1S/C18H23N3O2S/c1-12(2)19-16(22)11-24-18-20-15-10-6-5-9-14(15)17(23)21(18)13-7-3-4-8-13/h5-6,9-10,12-13H,3-4,7-8,11H2,1-2H3,(H,19,22). The summed E-state index contributed by atoms with van der Waals surface area (Å²) in [5.74, 6) is 0.241. The molecule has 1 aromatic carbocycles. The van der Waals surface area contributed by atoms with Crippen molar-refractivity contribution in [1.82, 2.24) is 14.9 Å². The maximum atomic E-state index is 13.0. The van der Waals surface area contributed by atoms with E-state index in [1.165, 1.54) is 11.8 Å². The zero-order valence-corrected chi connectivity index (χ0v) is 14.9. The molecule has 1 N–H and O–H groups in total. The van der Waals surface area contributed by atoms with Gasteiger partial charge in [0.2, 0.25) is 5.91 Å². The fourth-order valence-corrected chi connectivity index (χ4v) is 4.08. The van der Waals surface area contributed by atoms with Crippen LogP contribution < -0.4 is 10.9 Å². The summed E-state index contributed by atoms with van der Waals surface area (Å²) in [7, 11) is 0. The zero-order chi connectivity index (χ0) is 17.1. The molecule has 3 rings (SSSR count). The first kappa shape index (κ1) is 17.0. The van der Waals surface area contributed by atoms with Crippen molar-refractivity contribution in [1.29, 1.82) is 0 Å². The fraction of sp³-hybridized carbons (Fsp3) is 0.500. The number of rotatable bonds is 5. The Hall–Kier alpha value is -1.82. The van der Waals surface area contributed by atoms with E-state index in [-0.39, 0.29) is 29.3 Å². The second-order valence-electron chi connectivity index (χ2n) is 6.54. The lowest BCUT2D eigenvalue weighted by molar-refractivity contribution is -0.119. The van der Waals surface area contributed by atoms with Crippen molar-refractivity contribution < 1.29 is 4.79 Å². The number of amides is 1. The lowest BCUT2D eigenvalue weighted by Gasteiger charge is -2.18. The van der Waals surface area contributed by atoms with E-state index in [9.17, 15) is 9.59 Å². The van der Waals surface area contributed by atoms with Gasteiger partial charge in [0.1, 0.15) is 0 Å². The summed E-state index contributed by atoms with van der Waals surface area (Å²) in [6.45, 7) is 3.87. The van der Waals surface area contributed by atoms with Gasteiger partial charge in [-0.3, -0.25) is 14.2 Å². The van der Waals surface area contributed by atoms with Crippen molar-refractivity contribution >= 4 is 28.6 Å². The normalized spacial score (nSPS) is 15.3. The summed E-state index contributed by atoms with van der Waals surface area (Å²) in [5.41, 5.74) is 0.711. The molecule has 0 bridgehead atoms. The number of carbonyl (C=O) groups excluding carboxylic acids is 1. The van der Waals surface area contributed by atoms with Gasteiger partial charge in [-0.2, -0.15) is 0 Å². The Morgan fingerprint density at radius 1 is 1.33 bits per heavy atom. The molecule has 1 aromatic heterocycles. The topological polar surface area (TPSA) is 64.0 Å². The monoisotopic (exact) mass is 345 g/mol. The second kappa shape index (κ2) is 7.38. The Balaban J connectivity index is 1.96. The average Bonchev–Trinajstić information content (AvgIpc) is 3.06. The Labute approximate surface area is 145 Å². The number of thioether (sulfide) groups is 1. The predicted octanol–water partition coefficient (Wildman–Crippen LogP) is 3.13. The summed E-state index contributed by atoms with van der Waals surface area (Å²) in [4.78, 5) is 29.6. The molecule has 0 spiro atoms. The van der Waals surface area contributed by atoms with Crippen LogP contribution in [0.5, 0.6) is 0 Å². The van der Waals surface area contributed by atoms with E-state index >= 15 is 0 Å². The van der Waals surface area contributed by atoms with Gasteiger partial charge in [0, 0.05) is 12.1 Å². The second-order valence-corrected chi connectivity index (χ2v) is 7.48. The van der Waals surface area contributed by atoms with Gasteiger partial charge in [-0.1, -0.05) is 36.7 Å². The summed E-state index contributed by atoms with van der Waals surface area (Å²) >= 11 is 1.35. The highest BCUT2D eigenvalue weighted by atomic mass is 32.2. The van der Waals surface area contributed by atoms with Crippen LogP contribution in [0.1, 0.15) is 45.6 Å². The summed E-state index contributed by atoms with van der Waals surface area (Å²) in [6, 6.07) is 7.75. The van der Waals surface area contributed by atoms with Gasteiger partial charge in [0.05, 0.1) is 16.7 Å². The molecule has 0 aliphatic heterocycles. The summed E-state index contributed by atoms with van der Waals surface area (Å²) in [5, 5.41) is 4.19. The molecule has 24 heavy (non-hydrogen) atoms. The van der Waals surface area contributed by atoms with Gasteiger partial charge in [0.15, 0.2) is 5.16 Å². The Morgan fingerprint density at radius 2 is 2.04 bits per heavy atom. The van der Waals surface area contributed by atoms with Gasteiger partial charge in [-0.15, -0.1) is 0 Å². The highest BCUT2D eigenvalue weighted by molar-refractivity contribution is 7.99. The molecule has 5 nitrogen and oxygen atoms in total. The molecule has 1 fully saturated rings. The van der Waals surface area contributed by atoms with Crippen LogP contribution in [0.25, 0.3) is 10.9 Å². The smallest absolute Gasteiger partial charge is 0.262 e. The molecule has 0 radical (unpaired) electrons. The van der Waals surface area contributed by atoms with E-state index in [0.717, 1.165) is 25.7 Å². The quantitative estimate of drug-likeness (QED) is 0.668. The van der Waals surface area contributed by atoms with Crippen LogP contribution in [0.4, 0.5) is 0 Å². The highest BCUT2D eigenvalue weighted by Gasteiger charge is 2.23. The number of nitrogens with zero attached hydrogens (tertiary/aromatic N) is 2. The molecule has 0 saturated heterocycles. The first-order chi connectivity index (χ1) is 11.6. The Bertz CT molecular complexity index is 794. The number of carbonyl (C=O) groups is 1. The van der Waals surface area contributed by atoms with Crippen molar-refractivity contribution in [3.05, 3.63) is 34.6 Å². The number of hydrogen-bond donors (Lipinski definition) is 1. The SMILES string of the molecule is CC(C)NC(=O)CSc1nc2ccccc2c(=O)n1C1CCCC1. The number of para-hydroxylation sites is 1. The minimum Gasteiger partial charge on any atom is -0.353 e. The minimum atomic E-state index is -0.0321. The largest absolute Gasteiger partial charge is 0.353 e. The molecule has 1 aliphatic rings. The van der Waals surface area contributed by atoms with E-state index in [0.29, 0.717) is 16.1 Å². The van der Waals surface area contributed by atoms with E-state index in [1.807, 2.05) is 42.7 Å². The maximum Gasteiger partial charge on any atom is 0.262 e. The minimum absolute atomic E-state index is 0.0132. The van der Waals surface area contributed by atoms with Crippen LogP contribution >= 0.6 is 11.8 Å². The van der Waals surface area contributed by atoms with Crippen molar-refractivity contribution in [3.8, 4) is 0 Å². The molecule has 1 saturated carbocycles. The zero-order valence-electron chi connectivity index (χ0n) is 14.1.